The Labute approximate surface area is 184 Å². The highest BCUT2D eigenvalue weighted by molar-refractivity contribution is 6.00. The number of aryl methyl sites for hydroxylation is 3. The van der Waals surface area contributed by atoms with Gasteiger partial charge in [0.25, 0.3) is 0 Å². The van der Waals surface area contributed by atoms with Crippen LogP contribution in [0.1, 0.15) is 55.0 Å². The highest BCUT2D eigenvalue weighted by Crippen LogP contribution is 2.42. The average molecular weight is 421 g/mol. The van der Waals surface area contributed by atoms with Crippen LogP contribution in [0.25, 0.3) is 22.2 Å². The van der Waals surface area contributed by atoms with Gasteiger partial charge in [0, 0.05) is 34.4 Å². The molecular formula is C26H32N2O3. The van der Waals surface area contributed by atoms with Crippen LogP contribution in [0.5, 0.6) is 0 Å². The Balaban J connectivity index is 2.49. The van der Waals surface area contributed by atoms with Crippen molar-refractivity contribution in [2.45, 2.75) is 66.7 Å². The van der Waals surface area contributed by atoms with E-state index in [9.17, 15) is 9.90 Å². The molecule has 0 spiro atoms. The molecule has 0 aliphatic rings. The van der Waals surface area contributed by atoms with E-state index in [1.807, 2.05) is 65.0 Å². The van der Waals surface area contributed by atoms with Gasteiger partial charge in [-0.25, -0.2) is 9.78 Å². The molecule has 5 nitrogen and oxygen atoms in total. The van der Waals surface area contributed by atoms with Gasteiger partial charge in [-0.2, -0.15) is 0 Å². The lowest BCUT2D eigenvalue weighted by atomic mass is 9.90. The minimum absolute atomic E-state index is 0.609. The normalized spacial score (nSPS) is 12.9. The SMILES string of the molecule is C=CCn1c(C)c(C)c2c(-c3ccc(C)cc3)c(C(OC(C)(C)C)C(=O)O)c(C)nc21. The molecule has 3 rings (SSSR count). The summed E-state index contributed by atoms with van der Waals surface area (Å²) in [6.07, 6.45) is 0.723. The summed E-state index contributed by atoms with van der Waals surface area (Å²) in [5.41, 5.74) is 6.63. The second kappa shape index (κ2) is 8.31. The fraction of sp³-hybridized carbons (Fsp3) is 0.385. The quantitative estimate of drug-likeness (QED) is 0.492. The third-order valence-electron chi connectivity index (χ3n) is 5.59. The highest BCUT2D eigenvalue weighted by atomic mass is 16.5. The summed E-state index contributed by atoms with van der Waals surface area (Å²) in [5.74, 6) is -1.02. The number of allylic oxidation sites excluding steroid dienone is 1. The number of ether oxygens (including phenoxy) is 1. The molecule has 1 aromatic carbocycles. The molecule has 0 saturated carbocycles. The number of fused-ring (bicyclic) bond motifs is 1. The predicted octanol–water partition coefficient (Wildman–Crippen LogP) is 6.06. The fourth-order valence-corrected chi connectivity index (χ4v) is 4.07. The molecule has 0 saturated heterocycles. The van der Waals surface area contributed by atoms with Gasteiger partial charge < -0.3 is 14.4 Å². The number of carboxylic acids is 1. The molecule has 0 aliphatic heterocycles. The van der Waals surface area contributed by atoms with Gasteiger partial charge in [-0.15, -0.1) is 6.58 Å². The first-order chi connectivity index (χ1) is 14.5. The summed E-state index contributed by atoms with van der Waals surface area (Å²) in [6.45, 7) is 18.2. The Morgan fingerprint density at radius 3 is 2.32 bits per heavy atom. The molecule has 2 aromatic heterocycles. The molecule has 1 unspecified atom stereocenters. The number of aromatic nitrogens is 2. The molecule has 0 amide bonds. The Hall–Kier alpha value is -2.92. The summed E-state index contributed by atoms with van der Waals surface area (Å²) in [5, 5.41) is 11.1. The van der Waals surface area contributed by atoms with Gasteiger partial charge in [-0.1, -0.05) is 35.9 Å². The van der Waals surface area contributed by atoms with E-state index in [2.05, 4.69) is 25.0 Å². The second-order valence-electron chi connectivity index (χ2n) is 9.11. The topological polar surface area (TPSA) is 64.3 Å². The number of hydrogen-bond donors (Lipinski definition) is 1. The molecule has 0 bridgehead atoms. The Morgan fingerprint density at radius 2 is 1.81 bits per heavy atom. The molecule has 164 valence electrons. The number of hydrogen-bond acceptors (Lipinski definition) is 3. The number of aliphatic carboxylic acids is 1. The average Bonchev–Trinajstić information content (AvgIpc) is 2.90. The number of nitrogens with zero attached hydrogens (tertiary/aromatic N) is 2. The van der Waals surface area contributed by atoms with Crippen molar-refractivity contribution in [1.29, 1.82) is 0 Å². The Bertz CT molecular complexity index is 1150. The zero-order valence-electron chi connectivity index (χ0n) is 19.5. The fourth-order valence-electron chi connectivity index (χ4n) is 4.07. The van der Waals surface area contributed by atoms with Gasteiger partial charge in [0.05, 0.1) is 5.60 Å². The lowest BCUT2D eigenvalue weighted by molar-refractivity contribution is -0.160. The first-order valence-corrected chi connectivity index (χ1v) is 10.5. The van der Waals surface area contributed by atoms with Crippen molar-refractivity contribution in [2.75, 3.05) is 0 Å². The maximum absolute atomic E-state index is 12.4. The molecular weight excluding hydrogens is 388 g/mol. The van der Waals surface area contributed by atoms with Crippen LogP contribution < -0.4 is 0 Å². The molecule has 1 N–H and O–H groups in total. The standard InChI is InChI=1S/C26H32N2O3/c1-9-14-28-18(5)16(3)20-22(19-12-10-15(2)11-13-19)21(17(4)27-24(20)28)23(25(29)30)31-26(6,7)8/h9-13,23H,1,14H2,2-8H3,(H,29,30). The van der Waals surface area contributed by atoms with Gasteiger partial charge in [0.15, 0.2) is 6.10 Å². The van der Waals surface area contributed by atoms with E-state index >= 15 is 0 Å². The van der Waals surface area contributed by atoms with E-state index in [0.29, 0.717) is 17.8 Å². The van der Waals surface area contributed by atoms with Crippen LogP contribution in [-0.4, -0.2) is 26.2 Å². The molecule has 31 heavy (non-hydrogen) atoms. The molecule has 3 aromatic rings. The summed E-state index contributed by atoms with van der Waals surface area (Å²) in [6, 6.07) is 8.18. The van der Waals surface area contributed by atoms with Crippen molar-refractivity contribution >= 4 is 17.0 Å². The zero-order chi connectivity index (χ0) is 23.1. The maximum atomic E-state index is 12.4. The van der Waals surface area contributed by atoms with Crippen LogP contribution in [0.2, 0.25) is 0 Å². The number of carboxylic acid groups (broad SMARTS) is 1. The van der Waals surface area contributed by atoms with Crippen LogP contribution in [0.4, 0.5) is 0 Å². The Kier molecular flexibility index (Phi) is 6.10. The molecule has 0 fully saturated rings. The summed E-state index contributed by atoms with van der Waals surface area (Å²) >= 11 is 0. The van der Waals surface area contributed by atoms with Crippen molar-refractivity contribution in [2.24, 2.45) is 0 Å². The number of carbonyl (C=O) groups is 1. The minimum Gasteiger partial charge on any atom is -0.479 e. The van der Waals surface area contributed by atoms with Crippen LogP contribution in [0, 0.1) is 27.7 Å². The van der Waals surface area contributed by atoms with Gasteiger partial charge in [-0.3, -0.25) is 0 Å². The first-order valence-electron chi connectivity index (χ1n) is 10.5. The smallest absolute Gasteiger partial charge is 0.337 e. The lowest BCUT2D eigenvalue weighted by Crippen LogP contribution is -2.28. The summed E-state index contributed by atoms with van der Waals surface area (Å²) in [4.78, 5) is 17.3. The van der Waals surface area contributed by atoms with E-state index in [1.54, 1.807) is 0 Å². The predicted molar refractivity (Wildman–Crippen MR) is 126 cm³/mol. The van der Waals surface area contributed by atoms with Crippen molar-refractivity contribution < 1.29 is 14.6 Å². The van der Waals surface area contributed by atoms with Crippen LogP contribution in [0.3, 0.4) is 0 Å². The van der Waals surface area contributed by atoms with Crippen LogP contribution >= 0.6 is 0 Å². The minimum atomic E-state index is -1.13. The second-order valence-corrected chi connectivity index (χ2v) is 9.11. The first kappa shape index (κ1) is 22.8. The van der Waals surface area contributed by atoms with Crippen LogP contribution in [-0.2, 0) is 16.1 Å². The molecule has 0 aliphatic carbocycles. The van der Waals surface area contributed by atoms with E-state index in [4.69, 9.17) is 9.72 Å². The van der Waals surface area contributed by atoms with E-state index in [0.717, 1.165) is 39.0 Å². The monoisotopic (exact) mass is 420 g/mol. The molecule has 5 heteroatoms. The largest absolute Gasteiger partial charge is 0.479 e. The summed E-state index contributed by atoms with van der Waals surface area (Å²) in [7, 11) is 0. The van der Waals surface area contributed by atoms with Crippen molar-refractivity contribution in [1.82, 2.24) is 9.55 Å². The number of rotatable bonds is 6. The molecule has 1 atom stereocenters. The number of benzene rings is 1. The van der Waals surface area contributed by atoms with Crippen molar-refractivity contribution in [3.8, 4) is 11.1 Å². The van der Waals surface area contributed by atoms with Gasteiger partial charge in [-0.05, 0) is 59.6 Å². The van der Waals surface area contributed by atoms with Crippen molar-refractivity contribution in [3.05, 3.63) is 65.0 Å². The van der Waals surface area contributed by atoms with Gasteiger partial charge >= 0.3 is 5.97 Å². The third kappa shape index (κ3) is 4.28. The summed E-state index contributed by atoms with van der Waals surface area (Å²) < 4.78 is 8.19. The van der Waals surface area contributed by atoms with E-state index in [-0.39, 0.29) is 0 Å². The van der Waals surface area contributed by atoms with E-state index in [1.165, 1.54) is 0 Å². The third-order valence-corrected chi connectivity index (χ3v) is 5.59. The Morgan fingerprint density at radius 1 is 1.19 bits per heavy atom. The highest BCUT2D eigenvalue weighted by Gasteiger charge is 2.33. The lowest BCUT2D eigenvalue weighted by Gasteiger charge is -2.28. The van der Waals surface area contributed by atoms with Gasteiger partial charge in [0.1, 0.15) is 5.65 Å². The van der Waals surface area contributed by atoms with E-state index < -0.39 is 17.7 Å². The van der Waals surface area contributed by atoms with Gasteiger partial charge in [0.2, 0.25) is 0 Å². The van der Waals surface area contributed by atoms with Crippen molar-refractivity contribution in [3.63, 3.8) is 0 Å². The maximum Gasteiger partial charge on any atom is 0.337 e. The van der Waals surface area contributed by atoms with Crippen LogP contribution in [0.15, 0.2) is 36.9 Å². The molecule has 0 radical (unpaired) electrons. The molecule has 2 heterocycles. The zero-order valence-corrected chi connectivity index (χ0v) is 19.5. The number of pyridine rings is 1.